The average molecular weight is 351 g/mol. The van der Waals surface area contributed by atoms with Crippen LogP contribution in [-0.2, 0) is 0 Å². The Morgan fingerprint density at radius 2 is 1.88 bits per heavy atom. The molecule has 25 heavy (non-hydrogen) atoms. The van der Waals surface area contributed by atoms with Gasteiger partial charge in [-0.25, -0.2) is 0 Å². The van der Waals surface area contributed by atoms with Crippen LogP contribution in [0.15, 0.2) is 48.7 Å². The molecule has 2 heterocycles. The van der Waals surface area contributed by atoms with E-state index < -0.39 is 0 Å². The first-order valence-electron chi connectivity index (χ1n) is 8.93. The number of H-pyrrole nitrogens is 1. The molecular formula is C22H23ClN2. The first-order chi connectivity index (χ1) is 12.2. The van der Waals surface area contributed by atoms with E-state index in [2.05, 4.69) is 53.5 Å². The summed E-state index contributed by atoms with van der Waals surface area (Å²) in [7, 11) is 2.21. The summed E-state index contributed by atoms with van der Waals surface area (Å²) in [5.41, 5.74) is 4.95. The van der Waals surface area contributed by atoms with Crippen molar-refractivity contribution in [2.45, 2.75) is 18.8 Å². The van der Waals surface area contributed by atoms with Crippen LogP contribution < -0.4 is 0 Å². The monoisotopic (exact) mass is 350 g/mol. The van der Waals surface area contributed by atoms with E-state index in [0.29, 0.717) is 5.92 Å². The summed E-state index contributed by atoms with van der Waals surface area (Å²) < 4.78 is 0. The minimum atomic E-state index is 0.660. The van der Waals surface area contributed by atoms with Crippen molar-refractivity contribution in [2.75, 3.05) is 20.1 Å². The van der Waals surface area contributed by atoms with Crippen molar-refractivity contribution in [3.63, 3.8) is 0 Å². The lowest BCUT2D eigenvalue weighted by atomic mass is 9.89. The quantitative estimate of drug-likeness (QED) is 0.591. The van der Waals surface area contributed by atoms with Crippen molar-refractivity contribution in [3.8, 4) is 0 Å². The maximum atomic E-state index is 6.25. The molecule has 128 valence electrons. The number of benzene rings is 2. The Hall–Kier alpha value is -2.03. The summed E-state index contributed by atoms with van der Waals surface area (Å²) in [6.45, 7) is 2.37. The van der Waals surface area contributed by atoms with Gasteiger partial charge < -0.3 is 9.88 Å². The second-order valence-corrected chi connectivity index (χ2v) is 7.39. The molecule has 0 saturated carbocycles. The Balaban J connectivity index is 1.63. The fourth-order valence-electron chi connectivity index (χ4n) is 3.72. The summed E-state index contributed by atoms with van der Waals surface area (Å²) in [5.74, 6) is 0.660. The van der Waals surface area contributed by atoms with Gasteiger partial charge in [0.15, 0.2) is 0 Å². The number of halogens is 1. The van der Waals surface area contributed by atoms with Crippen molar-refractivity contribution >= 4 is 34.7 Å². The molecule has 0 amide bonds. The van der Waals surface area contributed by atoms with E-state index in [1.165, 1.54) is 48.0 Å². The van der Waals surface area contributed by atoms with E-state index in [4.69, 9.17) is 11.6 Å². The highest BCUT2D eigenvalue weighted by atomic mass is 35.5. The Kier molecular flexibility index (Phi) is 4.65. The molecule has 1 aromatic heterocycles. The lowest BCUT2D eigenvalue weighted by Gasteiger charge is -2.28. The zero-order valence-corrected chi connectivity index (χ0v) is 15.3. The number of nitrogens with zero attached hydrogens (tertiary/aromatic N) is 1. The molecular weight excluding hydrogens is 328 g/mol. The van der Waals surface area contributed by atoms with Crippen LogP contribution >= 0.6 is 11.6 Å². The molecule has 2 aromatic carbocycles. The molecule has 1 N–H and O–H groups in total. The largest absolute Gasteiger partial charge is 0.361 e. The standard InChI is InChI=1S/C22H23ClN2/c1-25-12-10-17(11-13-25)20-15-24-22-9-7-16(14-19(20)22)6-8-18-4-2-3-5-21(18)23/h2-9,14-15,17,24H,10-13H2,1H3/b8-6+. The fraction of sp³-hybridized carbons (Fsp3) is 0.273. The lowest BCUT2D eigenvalue weighted by molar-refractivity contribution is 0.256. The molecule has 3 heteroatoms. The summed E-state index contributed by atoms with van der Waals surface area (Å²) in [6.07, 6.45) is 8.92. The van der Waals surface area contributed by atoms with Gasteiger partial charge in [-0.05, 0) is 73.8 Å². The van der Waals surface area contributed by atoms with Gasteiger partial charge in [-0.3, -0.25) is 0 Å². The van der Waals surface area contributed by atoms with Crippen LogP contribution in [0.1, 0.15) is 35.4 Å². The molecule has 0 aliphatic carbocycles. The van der Waals surface area contributed by atoms with Crippen molar-refractivity contribution < 1.29 is 0 Å². The van der Waals surface area contributed by atoms with Gasteiger partial charge in [-0.2, -0.15) is 0 Å². The van der Waals surface area contributed by atoms with E-state index in [1.54, 1.807) is 0 Å². The minimum Gasteiger partial charge on any atom is -0.361 e. The summed E-state index contributed by atoms with van der Waals surface area (Å²) in [4.78, 5) is 5.87. The van der Waals surface area contributed by atoms with Gasteiger partial charge in [-0.15, -0.1) is 0 Å². The predicted octanol–water partition coefficient (Wildman–Crippen LogP) is 5.80. The second-order valence-electron chi connectivity index (χ2n) is 6.98. The van der Waals surface area contributed by atoms with Gasteiger partial charge in [0, 0.05) is 22.1 Å². The third kappa shape index (κ3) is 3.51. The van der Waals surface area contributed by atoms with Crippen LogP contribution in [0, 0.1) is 0 Å². The van der Waals surface area contributed by atoms with Crippen molar-refractivity contribution in [1.82, 2.24) is 9.88 Å². The zero-order chi connectivity index (χ0) is 17.2. The fourth-order valence-corrected chi connectivity index (χ4v) is 3.92. The van der Waals surface area contributed by atoms with E-state index >= 15 is 0 Å². The predicted molar refractivity (Wildman–Crippen MR) is 108 cm³/mol. The van der Waals surface area contributed by atoms with Gasteiger partial charge in [-0.1, -0.05) is 48.0 Å². The maximum Gasteiger partial charge on any atom is 0.0478 e. The third-order valence-corrected chi connectivity index (χ3v) is 5.60. The van der Waals surface area contributed by atoms with Crippen LogP contribution in [0.25, 0.3) is 23.1 Å². The summed E-state index contributed by atoms with van der Waals surface area (Å²) >= 11 is 6.25. The third-order valence-electron chi connectivity index (χ3n) is 5.26. The number of nitrogens with one attached hydrogen (secondary N) is 1. The number of rotatable bonds is 3. The topological polar surface area (TPSA) is 19.0 Å². The number of fused-ring (bicyclic) bond motifs is 1. The molecule has 3 aromatic rings. The minimum absolute atomic E-state index is 0.660. The Labute approximate surface area is 154 Å². The van der Waals surface area contributed by atoms with E-state index in [-0.39, 0.29) is 0 Å². The smallest absolute Gasteiger partial charge is 0.0478 e. The second kappa shape index (κ2) is 7.07. The van der Waals surface area contributed by atoms with Crippen LogP contribution in [0.4, 0.5) is 0 Å². The zero-order valence-electron chi connectivity index (χ0n) is 14.5. The number of aromatic nitrogens is 1. The molecule has 1 aliphatic heterocycles. The van der Waals surface area contributed by atoms with Crippen LogP contribution in [0.2, 0.25) is 5.02 Å². The number of aromatic amines is 1. The Bertz CT molecular complexity index is 901. The first-order valence-corrected chi connectivity index (χ1v) is 9.31. The summed E-state index contributed by atoms with van der Waals surface area (Å²) in [5, 5.41) is 2.14. The van der Waals surface area contributed by atoms with Crippen LogP contribution in [0.3, 0.4) is 0 Å². The highest BCUT2D eigenvalue weighted by Gasteiger charge is 2.20. The lowest BCUT2D eigenvalue weighted by Crippen LogP contribution is -2.29. The molecule has 4 rings (SSSR count). The molecule has 0 spiro atoms. The molecule has 0 unspecified atom stereocenters. The summed E-state index contributed by atoms with van der Waals surface area (Å²) in [6, 6.07) is 14.6. The maximum absolute atomic E-state index is 6.25. The number of piperidine rings is 1. The SMILES string of the molecule is CN1CCC(c2c[nH]c3ccc(/C=C/c4ccccc4Cl)cc23)CC1. The number of hydrogen-bond acceptors (Lipinski definition) is 1. The number of hydrogen-bond donors (Lipinski definition) is 1. The molecule has 2 nitrogen and oxygen atoms in total. The highest BCUT2D eigenvalue weighted by molar-refractivity contribution is 6.32. The highest BCUT2D eigenvalue weighted by Crippen LogP contribution is 2.33. The van der Waals surface area contributed by atoms with E-state index in [1.807, 2.05) is 24.3 Å². The van der Waals surface area contributed by atoms with Crippen molar-refractivity contribution in [3.05, 3.63) is 70.4 Å². The average Bonchev–Trinajstić information content (AvgIpc) is 3.05. The van der Waals surface area contributed by atoms with Crippen LogP contribution in [-0.4, -0.2) is 30.0 Å². The molecule has 0 bridgehead atoms. The van der Waals surface area contributed by atoms with Gasteiger partial charge in [0.25, 0.3) is 0 Å². The van der Waals surface area contributed by atoms with E-state index in [9.17, 15) is 0 Å². The Morgan fingerprint density at radius 1 is 1.08 bits per heavy atom. The molecule has 0 atom stereocenters. The Morgan fingerprint density at radius 3 is 2.68 bits per heavy atom. The molecule has 0 radical (unpaired) electrons. The van der Waals surface area contributed by atoms with Gasteiger partial charge in [0.1, 0.15) is 0 Å². The normalized spacial score (nSPS) is 16.9. The van der Waals surface area contributed by atoms with Gasteiger partial charge >= 0.3 is 0 Å². The molecule has 1 aliphatic rings. The first kappa shape index (κ1) is 16.4. The molecule has 1 saturated heterocycles. The molecule has 1 fully saturated rings. The van der Waals surface area contributed by atoms with Crippen molar-refractivity contribution in [1.29, 1.82) is 0 Å². The van der Waals surface area contributed by atoms with E-state index in [0.717, 1.165) is 10.6 Å². The van der Waals surface area contributed by atoms with Gasteiger partial charge in [0.05, 0.1) is 0 Å². The van der Waals surface area contributed by atoms with Crippen molar-refractivity contribution in [2.24, 2.45) is 0 Å². The van der Waals surface area contributed by atoms with Gasteiger partial charge in [0.2, 0.25) is 0 Å². The van der Waals surface area contributed by atoms with Crippen LogP contribution in [0.5, 0.6) is 0 Å². The number of likely N-dealkylation sites (tertiary alicyclic amines) is 1.